The molecule has 1 fully saturated rings. The van der Waals surface area contributed by atoms with E-state index in [1.54, 1.807) is 0 Å². The highest BCUT2D eigenvalue weighted by atomic mass is 32.2. The van der Waals surface area contributed by atoms with Gasteiger partial charge in [-0.2, -0.15) is 20.1 Å². The molecule has 0 saturated carbocycles. The molecule has 3 heterocycles. The molecule has 28 heavy (non-hydrogen) atoms. The number of likely N-dealkylation sites (N-methyl/N-ethyl adjacent to an activating group) is 1. The van der Waals surface area contributed by atoms with Gasteiger partial charge in [-0.25, -0.2) is 0 Å². The van der Waals surface area contributed by atoms with Crippen LogP contribution in [0.25, 0.3) is 0 Å². The highest BCUT2D eigenvalue weighted by Gasteiger charge is 2.19. The number of nitrogen functional groups attached to an aromatic ring is 1. The van der Waals surface area contributed by atoms with E-state index < -0.39 is 0 Å². The standard InChI is InChI=1S/C18H23N9S/c1-12-10-15(25-24-12)20-16-21-17(27-8-6-26(2)7-9-27)23-18(22-16)28-14-5-3-4-13(19)11-14/h3-5,10-11H,6-9,19H2,1-2H3,(H2,20,21,22,23,24,25). The molecule has 0 aliphatic carbocycles. The summed E-state index contributed by atoms with van der Waals surface area (Å²) < 4.78 is 0. The second-order valence-electron chi connectivity index (χ2n) is 6.77. The number of nitrogens with zero attached hydrogens (tertiary/aromatic N) is 6. The Bertz CT molecular complexity index is 950. The number of aromatic amines is 1. The predicted octanol–water partition coefficient (Wildman–Crippen LogP) is 2.13. The highest BCUT2D eigenvalue weighted by molar-refractivity contribution is 7.99. The number of nitrogens with one attached hydrogen (secondary N) is 2. The fraction of sp³-hybridized carbons (Fsp3) is 0.333. The normalized spacial score (nSPS) is 15.0. The van der Waals surface area contributed by atoms with Crippen LogP contribution in [0, 0.1) is 6.92 Å². The van der Waals surface area contributed by atoms with Crippen molar-refractivity contribution in [3.05, 3.63) is 36.0 Å². The minimum Gasteiger partial charge on any atom is -0.399 e. The highest BCUT2D eigenvalue weighted by Crippen LogP contribution is 2.28. The maximum absolute atomic E-state index is 5.90. The lowest BCUT2D eigenvalue weighted by atomic mass is 10.3. The Kier molecular flexibility index (Phi) is 5.31. The summed E-state index contributed by atoms with van der Waals surface area (Å²) in [5, 5.41) is 10.9. The summed E-state index contributed by atoms with van der Waals surface area (Å²) >= 11 is 1.46. The molecule has 0 radical (unpaired) electrons. The molecule has 0 unspecified atom stereocenters. The lowest BCUT2D eigenvalue weighted by Crippen LogP contribution is -2.45. The van der Waals surface area contributed by atoms with Crippen LogP contribution in [0.15, 0.2) is 40.4 Å². The molecule has 1 aliphatic heterocycles. The third-order valence-electron chi connectivity index (χ3n) is 4.40. The summed E-state index contributed by atoms with van der Waals surface area (Å²) in [4.78, 5) is 19.4. The van der Waals surface area contributed by atoms with Crippen molar-refractivity contribution in [2.45, 2.75) is 17.0 Å². The Balaban J connectivity index is 1.63. The lowest BCUT2D eigenvalue weighted by Gasteiger charge is -2.32. The Morgan fingerprint density at radius 3 is 2.64 bits per heavy atom. The zero-order chi connectivity index (χ0) is 19.5. The van der Waals surface area contributed by atoms with Gasteiger partial charge in [0.2, 0.25) is 11.9 Å². The summed E-state index contributed by atoms with van der Waals surface area (Å²) in [6.45, 7) is 5.66. The van der Waals surface area contributed by atoms with E-state index in [9.17, 15) is 0 Å². The quantitative estimate of drug-likeness (QED) is 0.557. The van der Waals surface area contributed by atoms with Gasteiger partial charge in [0.1, 0.15) is 0 Å². The zero-order valence-electron chi connectivity index (χ0n) is 15.9. The van der Waals surface area contributed by atoms with E-state index in [-0.39, 0.29) is 0 Å². The third-order valence-corrected chi connectivity index (χ3v) is 5.26. The van der Waals surface area contributed by atoms with E-state index >= 15 is 0 Å². The van der Waals surface area contributed by atoms with Gasteiger partial charge < -0.3 is 20.9 Å². The van der Waals surface area contributed by atoms with Crippen molar-refractivity contribution in [2.24, 2.45) is 0 Å². The smallest absolute Gasteiger partial charge is 0.234 e. The largest absolute Gasteiger partial charge is 0.399 e. The minimum atomic E-state index is 0.474. The first-order valence-corrected chi connectivity index (χ1v) is 9.89. The van der Waals surface area contributed by atoms with Gasteiger partial charge in [-0.05, 0) is 43.9 Å². The van der Waals surface area contributed by atoms with Gasteiger partial charge in [0.05, 0.1) is 0 Å². The molecule has 1 saturated heterocycles. The Labute approximate surface area is 167 Å². The summed E-state index contributed by atoms with van der Waals surface area (Å²) in [6.07, 6.45) is 0. The van der Waals surface area contributed by atoms with Crippen LogP contribution in [0.3, 0.4) is 0 Å². The van der Waals surface area contributed by atoms with Crippen molar-refractivity contribution in [1.29, 1.82) is 0 Å². The number of anilines is 4. The van der Waals surface area contributed by atoms with Gasteiger partial charge in [-0.15, -0.1) is 0 Å². The molecule has 10 heteroatoms. The van der Waals surface area contributed by atoms with E-state index in [0.29, 0.717) is 28.6 Å². The number of aromatic nitrogens is 5. The molecule has 4 rings (SSSR count). The Morgan fingerprint density at radius 1 is 1.11 bits per heavy atom. The topological polar surface area (TPSA) is 112 Å². The number of rotatable bonds is 5. The molecule has 146 valence electrons. The first-order chi connectivity index (χ1) is 13.5. The monoisotopic (exact) mass is 397 g/mol. The van der Waals surface area contributed by atoms with Crippen molar-refractivity contribution in [1.82, 2.24) is 30.0 Å². The first-order valence-electron chi connectivity index (χ1n) is 9.07. The molecule has 9 nitrogen and oxygen atoms in total. The van der Waals surface area contributed by atoms with Crippen LogP contribution in [0.4, 0.5) is 23.4 Å². The van der Waals surface area contributed by atoms with Gasteiger partial charge in [-0.1, -0.05) is 6.07 Å². The van der Waals surface area contributed by atoms with Gasteiger partial charge >= 0.3 is 0 Å². The molecule has 0 amide bonds. The minimum absolute atomic E-state index is 0.474. The molecular formula is C18H23N9S. The van der Waals surface area contributed by atoms with Gasteiger partial charge in [0, 0.05) is 48.5 Å². The number of benzene rings is 1. The molecule has 2 aromatic heterocycles. The van der Waals surface area contributed by atoms with E-state index in [2.05, 4.69) is 42.3 Å². The van der Waals surface area contributed by atoms with Crippen LogP contribution < -0.4 is 16.0 Å². The van der Waals surface area contributed by atoms with Crippen LogP contribution in [0.2, 0.25) is 0 Å². The first kappa shape index (κ1) is 18.5. The Hall–Kier alpha value is -2.85. The van der Waals surface area contributed by atoms with Crippen LogP contribution in [0.1, 0.15) is 5.69 Å². The van der Waals surface area contributed by atoms with Crippen molar-refractivity contribution in [2.75, 3.05) is 49.2 Å². The van der Waals surface area contributed by atoms with E-state index in [0.717, 1.165) is 36.8 Å². The molecule has 3 aromatic rings. The third kappa shape index (κ3) is 4.52. The van der Waals surface area contributed by atoms with Crippen molar-refractivity contribution in [3.8, 4) is 0 Å². The van der Waals surface area contributed by atoms with Crippen LogP contribution in [-0.2, 0) is 0 Å². The number of hydrogen-bond acceptors (Lipinski definition) is 9. The average molecular weight is 398 g/mol. The maximum atomic E-state index is 5.90. The predicted molar refractivity (Wildman–Crippen MR) is 111 cm³/mol. The Morgan fingerprint density at radius 2 is 1.93 bits per heavy atom. The maximum Gasteiger partial charge on any atom is 0.234 e. The van der Waals surface area contributed by atoms with Crippen LogP contribution >= 0.6 is 11.8 Å². The second-order valence-corrected chi connectivity index (χ2v) is 7.81. The molecule has 1 aromatic carbocycles. The van der Waals surface area contributed by atoms with Gasteiger partial charge in [0.15, 0.2) is 11.0 Å². The number of H-pyrrole nitrogens is 1. The molecule has 0 bridgehead atoms. The molecule has 0 atom stereocenters. The van der Waals surface area contributed by atoms with E-state index in [1.807, 2.05) is 37.3 Å². The molecule has 4 N–H and O–H groups in total. The lowest BCUT2D eigenvalue weighted by molar-refractivity contribution is 0.311. The number of piperazine rings is 1. The second kappa shape index (κ2) is 8.03. The summed E-state index contributed by atoms with van der Waals surface area (Å²) in [5.74, 6) is 1.82. The SMILES string of the molecule is Cc1cc(Nc2nc(Sc3cccc(N)c3)nc(N3CCN(C)CC3)n2)n[nH]1. The number of nitrogens with two attached hydrogens (primary N) is 1. The summed E-state index contributed by atoms with van der Waals surface area (Å²) in [5.41, 5.74) is 7.58. The van der Waals surface area contributed by atoms with E-state index in [1.165, 1.54) is 11.8 Å². The van der Waals surface area contributed by atoms with E-state index in [4.69, 9.17) is 10.7 Å². The van der Waals surface area contributed by atoms with Gasteiger partial charge in [-0.3, -0.25) is 5.10 Å². The fourth-order valence-electron chi connectivity index (χ4n) is 2.88. The van der Waals surface area contributed by atoms with Crippen molar-refractivity contribution < 1.29 is 0 Å². The summed E-state index contributed by atoms with van der Waals surface area (Å²) in [7, 11) is 2.12. The molecular weight excluding hydrogens is 374 g/mol. The van der Waals surface area contributed by atoms with Gasteiger partial charge in [0.25, 0.3) is 0 Å². The fourth-order valence-corrected chi connectivity index (χ4v) is 3.69. The van der Waals surface area contributed by atoms with Crippen molar-refractivity contribution >= 4 is 35.2 Å². The van der Waals surface area contributed by atoms with Crippen molar-refractivity contribution in [3.63, 3.8) is 0 Å². The zero-order valence-corrected chi connectivity index (χ0v) is 16.7. The summed E-state index contributed by atoms with van der Waals surface area (Å²) in [6, 6.07) is 9.59. The molecule has 0 spiro atoms. The van der Waals surface area contributed by atoms with Crippen LogP contribution in [0.5, 0.6) is 0 Å². The number of aryl methyl sites for hydroxylation is 1. The molecule has 1 aliphatic rings. The van der Waals surface area contributed by atoms with Crippen LogP contribution in [-0.4, -0.2) is 63.3 Å². The number of hydrogen-bond donors (Lipinski definition) is 3. The average Bonchev–Trinajstić information content (AvgIpc) is 3.07.